The van der Waals surface area contributed by atoms with E-state index in [1.807, 2.05) is 0 Å². The lowest BCUT2D eigenvalue weighted by Crippen LogP contribution is -2.43. The van der Waals surface area contributed by atoms with Gasteiger partial charge in [0.25, 0.3) is 5.91 Å². The average molecular weight is 239 g/mol. The summed E-state index contributed by atoms with van der Waals surface area (Å²) in [5.41, 5.74) is 0.654. The van der Waals surface area contributed by atoms with Crippen molar-refractivity contribution in [1.82, 2.24) is 14.9 Å². The second-order valence-corrected chi connectivity index (χ2v) is 3.51. The first-order valence-electron chi connectivity index (χ1n) is 4.78. The smallest absolute Gasteiger partial charge is 0.326 e. The summed E-state index contributed by atoms with van der Waals surface area (Å²) in [4.78, 5) is 25.9. The second kappa shape index (κ2) is 5.15. The molecule has 1 aromatic rings. The van der Waals surface area contributed by atoms with Gasteiger partial charge in [0.15, 0.2) is 5.76 Å². The fourth-order valence-corrected chi connectivity index (χ4v) is 1.23. The topological polar surface area (TPSA) is 104 Å². The molecule has 0 aliphatic carbocycles. The molecule has 3 N–H and O–H groups in total. The van der Waals surface area contributed by atoms with Crippen molar-refractivity contribution in [3.05, 3.63) is 30.6 Å². The maximum absolute atomic E-state index is 11.1. The van der Waals surface area contributed by atoms with Crippen molar-refractivity contribution in [2.75, 3.05) is 0 Å². The van der Waals surface area contributed by atoms with Crippen LogP contribution < -0.4 is 5.32 Å². The molecule has 0 saturated heterocycles. The Kier molecular flexibility index (Phi) is 3.86. The number of imidazole rings is 1. The number of carbonyl (C=O) groups is 2. The van der Waals surface area contributed by atoms with Crippen LogP contribution in [-0.2, 0) is 23.1 Å². The second-order valence-electron chi connectivity index (χ2n) is 3.51. The SMILES string of the molecule is C=C(O)C(=O)N[C@@H](Cc1cncn1C)C(=O)O. The van der Waals surface area contributed by atoms with E-state index in [1.165, 1.54) is 12.5 Å². The number of aliphatic hydroxyl groups excluding tert-OH is 1. The molecule has 17 heavy (non-hydrogen) atoms. The first kappa shape index (κ1) is 12.8. The molecule has 1 rings (SSSR count). The van der Waals surface area contributed by atoms with Gasteiger partial charge >= 0.3 is 5.97 Å². The minimum atomic E-state index is -1.19. The largest absolute Gasteiger partial charge is 0.503 e. The maximum atomic E-state index is 11.1. The summed E-state index contributed by atoms with van der Waals surface area (Å²) in [6.07, 6.45) is 3.11. The number of aromatic nitrogens is 2. The fraction of sp³-hybridized carbons (Fsp3) is 0.300. The molecular weight excluding hydrogens is 226 g/mol. The van der Waals surface area contributed by atoms with Crippen LogP contribution in [0.5, 0.6) is 0 Å². The van der Waals surface area contributed by atoms with Crippen LogP contribution in [0.3, 0.4) is 0 Å². The van der Waals surface area contributed by atoms with Gasteiger partial charge in [-0.25, -0.2) is 9.78 Å². The quantitative estimate of drug-likeness (QED) is 0.479. The Bertz CT molecular complexity index is 452. The molecule has 0 saturated carbocycles. The number of hydrogen-bond donors (Lipinski definition) is 3. The molecule has 0 aliphatic heterocycles. The Morgan fingerprint density at radius 2 is 2.24 bits per heavy atom. The predicted octanol–water partition coefficient (Wildman–Crippen LogP) is -0.396. The van der Waals surface area contributed by atoms with E-state index in [9.17, 15) is 9.59 Å². The van der Waals surface area contributed by atoms with Crippen molar-refractivity contribution in [3.8, 4) is 0 Å². The van der Waals surface area contributed by atoms with E-state index in [-0.39, 0.29) is 6.42 Å². The van der Waals surface area contributed by atoms with Gasteiger partial charge in [-0.1, -0.05) is 6.58 Å². The van der Waals surface area contributed by atoms with Crippen molar-refractivity contribution in [1.29, 1.82) is 0 Å². The zero-order valence-electron chi connectivity index (χ0n) is 9.25. The molecule has 0 aromatic carbocycles. The third-order valence-electron chi connectivity index (χ3n) is 2.20. The van der Waals surface area contributed by atoms with Crippen molar-refractivity contribution >= 4 is 11.9 Å². The molecule has 0 spiro atoms. The van der Waals surface area contributed by atoms with Gasteiger partial charge in [0.05, 0.1) is 6.33 Å². The number of aliphatic hydroxyl groups is 1. The monoisotopic (exact) mass is 239 g/mol. The van der Waals surface area contributed by atoms with Crippen LogP contribution in [0, 0.1) is 0 Å². The first-order valence-corrected chi connectivity index (χ1v) is 4.78. The molecular formula is C10H13N3O4. The lowest BCUT2D eigenvalue weighted by Gasteiger charge is -2.13. The molecule has 1 atom stereocenters. The van der Waals surface area contributed by atoms with Gasteiger partial charge < -0.3 is 20.1 Å². The predicted molar refractivity (Wildman–Crippen MR) is 58.2 cm³/mol. The summed E-state index contributed by atoms with van der Waals surface area (Å²) >= 11 is 0. The van der Waals surface area contributed by atoms with Crippen molar-refractivity contribution < 1.29 is 19.8 Å². The van der Waals surface area contributed by atoms with Crippen LogP contribution in [0.15, 0.2) is 24.9 Å². The summed E-state index contributed by atoms with van der Waals surface area (Å²) in [5, 5.41) is 19.9. The molecule has 0 aliphatic rings. The Labute approximate surface area is 97.4 Å². The fourth-order valence-electron chi connectivity index (χ4n) is 1.23. The molecule has 1 heterocycles. The lowest BCUT2D eigenvalue weighted by molar-refractivity contribution is -0.141. The molecule has 1 amide bonds. The van der Waals surface area contributed by atoms with E-state index >= 15 is 0 Å². The van der Waals surface area contributed by atoms with Gasteiger partial charge in [-0.05, 0) is 0 Å². The van der Waals surface area contributed by atoms with Crippen LogP contribution in [0.2, 0.25) is 0 Å². The molecule has 0 fully saturated rings. The van der Waals surface area contributed by atoms with E-state index in [0.29, 0.717) is 5.69 Å². The summed E-state index contributed by atoms with van der Waals surface area (Å²) in [6.45, 7) is 3.02. The average Bonchev–Trinajstić information content (AvgIpc) is 2.62. The molecule has 0 bridgehead atoms. The number of carboxylic acid groups (broad SMARTS) is 1. The van der Waals surface area contributed by atoms with E-state index in [4.69, 9.17) is 10.2 Å². The summed E-state index contributed by atoms with van der Waals surface area (Å²) in [5.74, 6) is -2.82. The number of carbonyl (C=O) groups excluding carboxylic acids is 1. The Hall–Kier alpha value is -2.31. The van der Waals surface area contributed by atoms with Crippen LogP contribution >= 0.6 is 0 Å². The highest BCUT2D eigenvalue weighted by Gasteiger charge is 2.22. The van der Waals surface area contributed by atoms with Crippen molar-refractivity contribution in [3.63, 3.8) is 0 Å². The minimum Gasteiger partial charge on any atom is -0.503 e. The number of nitrogens with zero attached hydrogens (tertiary/aromatic N) is 2. The number of hydrogen-bond acceptors (Lipinski definition) is 4. The first-order chi connectivity index (χ1) is 7.91. The van der Waals surface area contributed by atoms with Gasteiger partial charge in [0, 0.05) is 25.4 Å². The highest BCUT2D eigenvalue weighted by Crippen LogP contribution is 2.02. The molecule has 0 radical (unpaired) electrons. The zero-order chi connectivity index (χ0) is 13.0. The summed E-state index contributed by atoms with van der Waals surface area (Å²) < 4.78 is 1.65. The Morgan fingerprint density at radius 3 is 2.65 bits per heavy atom. The van der Waals surface area contributed by atoms with Crippen LogP contribution in [0.25, 0.3) is 0 Å². The molecule has 0 unspecified atom stereocenters. The van der Waals surface area contributed by atoms with Gasteiger partial charge in [0.1, 0.15) is 6.04 Å². The number of aryl methyl sites for hydroxylation is 1. The highest BCUT2D eigenvalue weighted by atomic mass is 16.4. The standard InChI is InChI=1S/C10H13N3O4/c1-6(14)9(15)12-8(10(16)17)3-7-4-11-5-13(7)2/h4-5,8,14H,1,3H2,2H3,(H,12,15)(H,16,17)/t8-/m0/s1. The van der Waals surface area contributed by atoms with Crippen molar-refractivity contribution in [2.45, 2.75) is 12.5 Å². The normalized spacial score (nSPS) is 11.8. The molecule has 92 valence electrons. The third-order valence-corrected chi connectivity index (χ3v) is 2.20. The minimum absolute atomic E-state index is 0.0743. The van der Waals surface area contributed by atoms with Crippen LogP contribution in [0.1, 0.15) is 5.69 Å². The van der Waals surface area contributed by atoms with Gasteiger partial charge in [-0.3, -0.25) is 4.79 Å². The summed E-state index contributed by atoms with van der Waals surface area (Å²) in [6, 6.07) is -1.14. The zero-order valence-corrected chi connectivity index (χ0v) is 9.25. The van der Waals surface area contributed by atoms with Gasteiger partial charge in [0.2, 0.25) is 0 Å². The maximum Gasteiger partial charge on any atom is 0.326 e. The van der Waals surface area contributed by atoms with Gasteiger partial charge in [-0.15, -0.1) is 0 Å². The molecule has 1 aromatic heterocycles. The molecule has 7 nitrogen and oxygen atoms in total. The van der Waals surface area contributed by atoms with Crippen LogP contribution in [0.4, 0.5) is 0 Å². The van der Waals surface area contributed by atoms with E-state index in [1.54, 1.807) is 11.6 Å². The Balaban J connectivity index is 2.74. The number of amides is 1. The highest BCUT2D eigenvalue weighted by molar-refractivity contribution is 5.93. The number of rotatable bonds is 5. The lowest BCUT2D eigenvalue weighted by atomic mass is 10.1. The number of carboxylic acids is 1. The Morgan fingerprint density at radius 1 is 1.59 bits per heavy atom. The van der Waals surface area contributed by atoms with Gasteiger partial charge in [-0.2, -0.15) is 0 Å². The van der Waals surface area contributed by atoms with Crippen molar-refractivity contribution in [2.24, 2.45) is 7.05 Å². The van der Waals surface area contributed by atoms with E-state index in [0.717, 1.165) is 0 Å². The number of aliphatic carboxylic acids is 1. The third kappa shape index (κ3) is 3.33. The van der Waals surface area contributed by atoms with E-state index < -0.39 is 23.7 Å². The molecule has 7 heteroatoms. The van der Waals surface area contributed by atoms with E-state index in [2.05, 4.69) is 16.9 Å². The van der Waals surface area contributed by atoms with Crippen LogP contribution in [-0.4, -0.2) is 37.7 Å². The summed E-state index contributed by atoms with van der Waals surface area (Å²) in [7, 11) is 1.72. The number of nitrogens with one attached hydrogen (secondary N) is 1.